The van der Waals surface area contributed by atoms with Gasteiger partial charge in [-0.1, -0.05) is 47.6 Å². The predicted molar refractivity (Wildman–Crippen MR) is 108 cm³/mol. The van der Waals surface area contributed by atoms with Gasteiger partial charge in [-0.25, -0.2) is 12.8 Å². The van der Waals surface area contributed by atoms with Crippen molar-refractivity contribution in [3.05, 3.63) is 41.1 Å². The van der Waals surface area contributed by atoms with E-state index in [-0.39, 0.29) is 35.4 Å². The Morgan fingerprint density at radius 2 is 1.85 bits per heavy atom. The Balaban J connectivity index is 2.68. The largest absolute Gasteiger partial charge is 0.490 e. The molecule has 1 atom stereocenters. The fourth-order valence-corrected chi connectivity index (χ4v) is 3.69. The monoisotopic (exact) mass is 400 g/mol. The normalized spacial score (nSPS) is 14.1. The summed E-state index contributed by atoms with van der Waals surface area (Å²) in [4.78, 5) is 0. The van der Waals surface area contributed by atoms with Crippen LogP contribution in [0.3, 0.4) is 0 Å². The molecular weight excluding hydrogens is 367 g/mol. The molecule has 1 rings (SSSR count). The topological polar surface area (TPSA) is 52.6 Å². The van der Waals surface area contributed by atoms with Crippen LogP contribution in [0.15, 0.2) is 29.7 Å². The highest BCUT2D eigenvalue weighted by molar-refractivity contribution is 7.94. The lowest BCUT2D eigenvalue weighted by atomic mass is 9.99. The molecule has 0 aliphatic heterocycles. The van der Waals surface area contributed by atoms with Crippen molar-refractivity contribution in [2.45, 2.75) is 47.5 Å². The minimum Gasteiger partial charge on any atom is -0.490 e. The highest BCUT2D eigenvalue weighted by Crippen LogP contribution is 2.25. The van der Waals surface area contributed by atoms with Crippen LogP contribution < -0.4 is 4.74 Å². The van der Waals surface area contributed by atoms with Gasteiger partial charge in [0.15, 0.2) is 21.4 Å². The van der Waals surface area contributed by atoms with Crippen LogP contribution in [0.2, 0.25) is 0 Å². The number of sulfone groups is 1. The molecule has 27 heavy (non-hydrogen) atoms. The number of halogens is 1. The van der Waals surface area contributed by atoms with Crippen LogP contribution in [0, 0.1) is 17.2 Å². The van der Waals surface area contributed by atoms with E-state index in [0.29, 0.717) is 13.2 Å². The first-order chi connectivity index (χ1) is 12.4. The van der Waals surface area contributed by atoms with Crippen molar-refractivity contribution in [1.82, 2.24) is 0 Å². The third-order valence-corrected chi connectivity index (χ3v) is 5.20. The summed E-state index contributed by atoms with van der Waals surface area (Å²) in [6.45, 7) is 13.1. The van der Waals surface area contributed by atoms with Crippen LogP contribution >= 0.6 is 0 Å². The molecule has 1 aromatic rings. The van der Waals surface area contributed by atoms with Crippen molar-refractivity contribution < 1.29 is 22.3 Å². The maximum Gasteiger partial charge on any atom is 0.171 e. The lowest BCUT2D eigenvalue weighted by molar-refractivity contribution is 0.0910. The van der Waals surface area contributed by atoms with Crippen molar-refractivity contribution in [1.29, 1.82) is 0 Å². The zero-order valence-electron chi connectivity index (χ0n) is 17.3. The highest BCUT2D eigenvalue weighted by atomic mass is 32.2. The number of rotatable bonds is 10. The van der Waals surface area contributed by atoms with Crippen LogP contribution in [0.4, 0.5) is 4.39 Å². The number of hydrogen-bond acceptors (Lipinski definition) is 4. The van der Waals surface area contributed by atoms with Crippen LogP contribution in [-0.2, 0) is 14.6 Å². The summed E-state index contributed by atoms with van der Waals surface area (Å²) in [5.41, 5.74) is 0.773. The molecule has 0 spiro atoms. The molecule has 0 bridgehead atoms. The number of benzene rings is 1. The maximum absolute atomic E-state index is 13.9. The molecule has 0 unspecified atom stereocenters. The van der Waals surface area contributed by atoms with Gasteiger partial charge in [0.2, 0.25) is 0 Å². The van der Waals surface area contributed by atoms with E-state index in [9.17, 15) is 12.8 Å². The molecular formula is C21H33FO4S. The van der Waals surface area contributed by atoms with Crippen molar-refractivity contribution >= 4 is 9.84 Å². The Morgan fingerprint density at radius 3 is 2.44 bits per heavy atom. The average Bonchev–Trinajstić information content (AvgIpc) is 2.51. The molecule has 1 aromatic carbocycles. The Morgan fingerprint density at radius 1 is 1.19 bits per heavy atom. The molecule has 0 aliphatic rings. The molecule has 154 valence electrons. The van der Waals surface area contributed by atoms with E-state index in [1.807, 2.05) is 13.8 Å². The standard InChI is InChI=1S/C21H33FO4S/c1-16(2)13-26-20-12-18(8-9-19(20)22)17(3)14-27(23,24)11-7-10-25-15-21(4,5)6/h7-9,11-12,16-17H,10,13-15H2,1-6H3/b11-7+/t17-/m0/s1. The Kier molecular flexibility index (Phi) is 8.95. The lowest BCUT2D eigenvalue weighted by Crippen LogP contribution is -2.15. The number of hydrogen-bond donors (Lipinski definition) is 0. The van der Waals surface area contributed by atoms with Gasteiger partial charge in [0.1, 0.15) is 0 Å². The second-order valence-electron chi connectivity index (χ2n) is 8.57. The van der Waals surface area contributed by atoms with Crippen LogP contribution in [0.5, 0.6) is 5.75 Å². The van der Waals surface area contributed by atoms with E-state index in [2.05, 4.69) is 20.8 Å². The zero-order chi connectivity index (χ0) is 20.7. The molecule has 0 radical (unpaired) electrons. The average molecular weight is 401 g/mol. The smallest absolute Gasteiger partial charge is 0.171 e. The summed E-state index contributed by atoms with van der Waals surface area (Å²) in [7, 11) is -3.39. The molecule has 4 nitrogen and oxygen atoms in total. The first-order valence-electron chi connectivity index (χ1n) is 9.29. The van der Waals surface area contributed by atoms with Gasteiger partial charge in [0.25, 0.3) is 0 Å². The maximum atomic E-state index is 13.9. The predicted octanol–water partition coefficient (Wildman–Crippen LogP) is 4.96. The van der Waals surface area contributed by atoms with E-state index in [4.69, 9.17) is 9.47 Å². The van der Waals surface area contributed by atoms with Gasteiger partial charge in [-0.2, -0.15) is 0 Å². The first kappa shape index (κ1) is 23.6. The Hall–Kier alpha value is -1.40. The number of ether oxygens (including phenoxy) is 2. The fourth-order valence-electron chi connectivity index (χ4n) is 2.31. The van der Waals surface area contributed by atoms with Crippen LogP contribution in [0.1, 0.15) is 53.0 Å². The molecule has 0 saturated carbocycles. The lowest BCUT2D eigenvalue weighted by Gasteiger charge is -2.17. The molecule has 6 heteroatoms. The minimum absolute atomic E-state index is 0.0408. The first-order valence-corrected chi connectivity index (χ1v) is 11.0. The van der Waals surface area contributed by atoms with Gasteiger partial charge in [0.05, 0.1) is 25.6 Å². The van der Waals surface area contributed by atoms with E-state index >= 15 is 0 Å². The van der Waals surface area contributed by atoms with Crippen molar-refractivity contribution in [2.75, 3.05) is 25.6 Å². The van der Waals surface area contributed by atoms with Gasteiger partial charge in [-0.05, 0) is 41.0 Å². The van der Waals surface area contributed by atoms with Crippen LogP contribution in [-0.4, -0.2) is 34.0 Å². The van der Waals surface area contributed by atoms with E-state index in [1.54, 1.807) is 19.1 Å². The second-order valence-corrected chi connectivity index (χ2v) is 10.5. The van der Waals surface area contributed by atoms with E-state index in [1.165, 1.54) is 17.6 Å². The summed E-state index contributed by atoms with van der Waals surface area (Å²) in [6.07, 6.45) is 1.52. The summed E-state index contributed by atoms with van der Waals surface area (Å²) in [5.74, 6) is -0.339. The SMILES string of the molecule is CC(C)COc1cc([C@@H](C)CS(=O)(=O)/C=C/COCC(C)(C)C)ccc1F. The van der Waals surface area contributed by atoms with Gasteiger partial charge < -0.3 is 9.47 Å². The summed E-state index contributed by atoms with van der Waals surface area (Å²) in [6, 6.07) is 4.52. The summed E-state index contributed by atoms with van der Waals surface area (Å²) < 4.78 is 49.4. The van der Waals surface area contributed by atoms with E-state index < -0.39 is 15.7 Å². The zero-order valence-corrected chi connectivity index (χ0v) is 18.1. The van der Waals surface area contributed by atoms with Gasteiger partial charge in [-0.3, -0.25) is 0 Å². The second kappa shape index (κ2) is 10.2. The van der Waals surface area contributed by atoms with Crippen LogP contribution in [0.25, 0.3) is 0 Å². The molecule has 0 N–H and O–H groups in total. The summed E-state index contributed by atoms with van der Waals surface area (Å²) >= 11 is 0. The highest BCUT2D eigenvalue weighted by Gasteiger charge is 2.17. The molecule has 0 aromatic heterocycles. The minimum atomic E-state index is -3.39. The Bertz CT molecular complexity index is 718. The van der Waals surface area contributed by atoms with Crippen molar-refractivity contribution in [3.63, 3.8) is 0 Å². The molecule has 0 amide bonds. The fraction of sp³-hybridized carbons (Fsp3) is 0.619. The quantitative estimate of drug-likeness (QED) is 0.521. The van der Waals surface area contributed by atoms with E-state index in [0.717, 1.165) is 5.56 Å². The van der Waals surface area contributed by atoms with Crippen molar-refractivity contribution in [2.24, 2.45) is 11.3 Å². The van der Waals surface area contributed by atoms with Gasteiger partial charge in [-0.15, -0.1) is 0 Å². The summed E-state index contributed by atoms with van der Waals surface area (Å²) in [5, 5.41) is 1.20. The third-order valence-electron chi connectivity index (χ3n) is 3.63. The molecule has 0 heterocycles. The Labute approximate surface area is 163 Å². The third kappa shape index (κ3) is 9.91. The molecule has 0 fully saturated rings. The molecule has 0 saturated heterocycles. The van der Waals surface area contributed by atoms with Gasteiger partial charge >= 0.3 is 0 Å². The van der Waals surface area contributed by atoms with Gasteiger partial charge in [0, 0.05) is 5.41 Å². The van der Waals surface area contributed by atoms with Crippen molar-refractivity contribution in [3.8, 4) is 5.75 Å². The molecule has 0 aliphatic carbocycles.